The van der Waals surface area contributed by atoms with E-state index in [2.05, 4.69) is 26.3 Å². The zero-order valence-corrected chi connectivity index (χ0v) is 16.4. The zero-order valence-electron chi connectivity index (χ0n) is 14.0. The SMILES string of the molecule is Oc1ccc(Br)cc1C=Nc1nc(C23CC4CC(CC(C4)C2)C3)cs1. The number of hydrogen-bond acceptors (Lipinski definition) is 4. The third-order valence-electron chi connectivity index (χ3n) is 6.38. The summed E-state index contributed by atoms with van der Waals surface area (Å²) in [5, 5.41) is 13.0. The Hall–Kier alpha value is -1.20. The van der Waals surface area contributed by atoms with E-state index in [9.17, 15) is 5.11 Å². The van der Waals surface area contributed by atoms with E-state index in [-0.39, 0.29) is 5.75 Å². The van der Waals surface area contributed by atoms with Crippen LogP contribution in [0.15, 0.2) is 33.0 Å². The van der Waals surface area contributed by atoms with E-state index in [1.54, 1.807) is 23.6 Å². The molecule has 6 rings (SSSR count). The lowest BCUT2D eigenvalue weighted by atomic mass is 9.49. The summed E-state index contributed by atoms with van der Waals surface area (Å²) in [7, 11) is 0. The molecular weight excluding hydrogens is 396 g/mol. The summed E-state index contributed by atoms with van der Waals surface area (Å²) in [5.41, 5.74) is 2.32. The molecule has 1 aromatic heterocycles. The summed E-state index contributed by atoms with van der Waals surface area (Å²) in [6, 6.07) is 5.36. The average molecular weight is 417 g/mol. The van der Waals surface area contributed by atoms with E-state index < -0.39 is 0 Å². The van der Waals surface area contributed by atoms with Crippen molar-refractivity contribution in [3.8, 4) is 5.75 Å². The number of aromatic hydroxyl groups is 1. The lowest BCUT2D eigenvalue weighted by Gasteiger charge is -2.56. The topological polar surface area (TPSA) is 45.5 Å². The molecule has 0 unspecified atom stereocenters. The van der Waals surface area contributed by atoms with Crippen molar-refractivity contribution in [2.45, 2.75) is 43.9 Å². The number of benzene rings is 1. The van der Waals surface area contributed by atoms with Crippen LogP contribution in [0.5, 0.6) is 5.75 Å². The number of aliphatic imine (C=N–C) groups is 1. The van der Waals surface area contributed by atoms with Gasteiger partial charge in [0.25, 0.3) is 0 Å². The normalized spacial score (nSPS) is 33.4. The molecule has 0 spiro atoms. The van der Waals surface area contributed by atoms with Crippen LogP contribution in [0, 0.1) is 17.8 Å². The van der Waals surface area contributed by atoms with Gasteiger partial charge < -0.3 is 5.11 Å². The molecule has 0 saturated heterocycles. The van der Waals surface area contributed by atoms with Crippen LogP contribution < -0.4 is 0 Å². The van der Waals surface area contributed by atoms with E-state index in [4.69, 9.17) is 4.98 Å². The van der Waals surface area contributed by atoms with Gasteiger partial charge in [-0.2, -0.15) is 0 Å². The molecule has 5 heteroatoms. The smallest absolute Gasteiger partial charge is 0.209 e. The van der Waals surface area contributed by atoms with Crippen molar-refractivity contribution in [1.82, 2.24) is 4.98 Å². The summed E-state index contributed by atoms with van der Waals surface area (Å²) in [6.07, 6.45) is 10.1. The molecule has 130 valence electrons. The lowest BCUT2D eigenvalue weighted by Crippen LogP contribution is -2.48. The standard InChI is InChI=1S/C20H21BrN2OS/c21-16-1-2-17(24)15(6-16)10-22-19-23-18(11-25-19)20-7-12-3-13(8-20)5-14(4-12)9-20/h1-2,6,10-14,24H,3-5,7-9H2. The Bertz CT molecular complexity index is 809. The van der Waals surface area contributed by atoms with Crippen molar-refractivity contribution in [3.05, 3.63) is 39.3 Å². The summed E-state index contributed by atoms with van der Waals surface area (Å²) < 4.78 is 0.931. The molecule has 4 aliphatic rings. The number of phenolic OH excluding ortho intramolecular Hbond substituents is 1. The Labute approximate surface area is 160 Å². The molecule has 0 amide bonds. The average Bonchev–Trinajstić information content (AvgIpc) is 3.04. The first-order chi connectivity index (χ1) is 12.1. The van der Waals surface area contributed by atoms with Gasteiger partial charge in [-0.1, -0.05) is 15.9 Å². The number of phenols is 1. The van der Waals surface area contributed by atoms with Crippen molar-refractivity contribution in [2.24, 2.45) is 22.7 Å². The van der Waals surface area contributed by atoms with Crippen LogP contribution in [0.1, 0.15) is 49.8 Å². The first-order valence-corrected chi connectivity index (χ1v) is 10.8. The minimum absolute atomic E-state index is 0.241. The van der Waals surface area contributed by atoms with Gasteiger partial charge in [-0.3, -0.25) is 0 Å². The molecule has 4 saturated carbocycles. The molecule has 2 aromatic rings. The highest BCUT2D eigenvalue weighted by Gasteiger charge is 2.52. The fourth-order valence-electron chi connectivity index (χ4n) is 5.75. The Morgan fingerprint density at radius 3 is 2.52 bits per heavy atom. The molecule has 4 aliphatic carbocycles. The molecule has 1 N–H and O–H groups in total. The molecule has 0 aliphatic heterocycles. The largest absolute Gasteiger partial charge is 0.507 e. The fraction of sp³-hybridized carbons (Fsp3) is 0.500. The number of rotatable bonds is 3. The summed E-state index contributed by atoms with van der Waals surface area (Å²) in [5.74, 6) is 3.03. The quantitative estimate of drug-likeness (QED) is 0.639. The van der Waals surface area contributed by atoms with Crippen LogP contribution in [0.4, 0.5) is 5.13 Å². The number of halogens is 1. The van der Waals surface area contributed by atoms with Crippen LogP contribution in [-0.4, -0.2) is 16.3 Å². The predicted octanol–water partition coefficient (Wildman–Crippen LogP) is 5.83. The Kier molecular flexibility index (Phi) is 3.79. The van der Waals surface area contributed by atoms with Gasteiger partial charge in [-0.15, -0.1) is 11.3 Å². The number of thiazole rings is 1. The maximum Gasteiger partial charge on any atom is 0.209 e. The number of nitrogens with zero attached hydrogens (tertiary/aromatic N) is 2. The third kappa shape index (κ3) is 2.85. The second kappa shape index (κ2) is 5.92. The zero-order chi connectivity index (χ0) is 17.0. The van der Waals surface area contributed by atoms with Gasteiger partial charge in [0.1, 0.15) is 5.75 Å². The highest BCUT2D eigenvalue weighted by atomic mass is 79.9. The van der Waals surface area contributed by atoms with Crippen molar-refractivity contribution in [2.75, 3.05) is 0 Å². The molecule has 4 bridgehead atoms. The first-order valence-electron chi connectivity index (χ1n) is 9.08. The van der Waals surface area contributed by atoms with Crippen molar-refractivity contribution < 1.29 is 5.11 Å². The van der Waals surface area contributed by atoms with E-state index >= 15 is 0 Å². The van der Waals surface area contributed by atoms with Crippen LogP contribution in [0.25, 0.3) is 0 Å². The molecule has 0 atom stereocenters. The molecule has 3 nitrogen and oxygen atoms in total. The van der Waals surface area contributed by atoms with Gasteiger partial charge in [0.15, 0.2) is 0 Å². The highest BCUT2D eigenvalue weighted by Crippen LogP contribution is 2.60. The highest BCUT2D eigenvalue weighted by molar-refractivity contribution is 9.10. The Morgan fingerprint density at radius 2 is 1.84 bits per heavy atom. The number of hydrogen-bond donors (Lipinski definition) is 1. The molecule has 1 aromatic carbocycles. The first kappa shape index (κ1) is 16.0. The molecule has 0 radical (unpaired) electrons. The van der Waals surface area contributed by atoms with Crippen molar-refractivity contribution >= 4 is 38.6 Å². The molecule has 4 fully saturated rings. The predicted molar refractivity (Wildman–Crippen MR) is 105 cm³/mol. The van der Waals surface area contributed by atoms with Crippen LogP contribution in [0.2, 0.25) is 0 Å². The van der Waals surface area contributed by atoms with Gasteiger partial charge in [-0.25, -0.2) is 9.98 Å². The molecule has 1 heterocycles. The van der Waals surface area contributed by atoms with Gasteiger partial charge in [-0.05, 0) is 74.5 Å². The number of aromatic nitrogens is 1. The van der Waals surface area contributed by atoms with Crippen LogP contribution >= 0.6 is 27.3 Å². The fourth-order valence-corrected chi connectivity index (χ4v) is 6.91. The second-order valence-corrected chi connectivity index (χ2v) is 9.93. The van der Waals surface area contributed by atoms with Gasteiger partial charge >= 0.3 is 0 Å². The van der Waals surface area contributed by atoms with E-state index in [1.165, 1.54) is 44.2 Å². The maximum atomic E-state index is 9.94. The Morgan fingerprint density at radius 1 is 1.16 bits per heavy atom. The maximum absolute atomic E-state index is 9.94. The molecular formula is C20H21BrN2OS. The van der Waals surface area contributed by atoms with Gasteiger partial charge in [0.05, 0.1) is 5.69 Å². The molecule has 25 heavy (non-hydrogen) atoms. The van der Waals surface area contributed by atoms with Gasteiger partial charge in [0, 0.05) is 27.0 Å². The summed E-state index contributed by atoms with van der Waals surface area (Å²) in [6.45, 7) is 0. The summed E-state index contributed by atoms with van der Waals surface area (Å²) >= 11 is 5.06. The third-order valence-corrected chi connectivity index (χ3v) is 7.62. The summed E-state index contributed by atoms with van der Waals surface area (Å²) in [4.78, 5) is 9.42. The minimum Gasteiger partial charge on any atom is -0.507 e. The van der Waals surface area contributed by atoms with Crippen molar-refractivity contribution in [1.29, 1.82) is 0 Å². The minimum atomic E-state index is 0.241. The van der Waals surface area contributed by atoms with Crippen LogP contribution in [0.3, 0.4) is 0 Å². The second-order valence-electron chi connectivity index (χ2n) is 8.17. The monoisotopic (exact) mass is 416 g/mol. The van der Waals surface area contributed by atoms with Crippen LogP contribution in [-0.2, 0) is 5.41 Å². The van der Waals surface area contributed by atoms with E-state index in [0.717, 1.165) is 27.4 Å². The van der Waals surface area contributed by atoms with E-state index in [0.29, 0.717) is 11.0 Å². The Balaban J connectivity index is 1.41. The van der Waals surface area contributed by atoms with Gasteiger partial charge in [0.2, 0.25) is 5.13 Å². The van der Waals surface area contributed by atoms with E-state index in [1.807, 2.05) is 12.1 Å². The van der Waals surface area contributed by atoms with Crippen molar-refractivity contribution in [3.63, 3.8) is 0 Å². The lowest BCUT2D eigenvalue weighted by molar-refractivity contribution is -0.00688.